The van der Waals surface area contributed by atoms with Crippen LogP contribution in [0.3, 0.4) is 0 Å². The Bertz CT molecular complexity index is 1130. The molecule has 3 aromatic rings. The zero-order chi connectivity index (χ0) is 19.7. The summed E-state index contributed by atoms with van der Waals surface area (Å²) in [6, 6.07) is 19.5. The van der Waals surface area contributed by atoms with Gasteiger partial charge in [0.1, 0.15) is 5.75 Å². The topological polar surface area (TPSA) is 15.7 Å². The first kappa shape index (κ1) is 17.2. The molecule has 3 heteroatoms. The van der Waals surface area contributed by atoms with Gasteiger partial charge in [0.15, 0.2) is 0 Å². The van der Waals surface area contributed by atoms with E-state index in [0.29, 0.717) is 0 Å². The molecule has 3 aromatic carbocycles. The Morgan fingerprint density at radius 2 is 1.75 bits per heavy atom. The highest BCUT2D eigenvalue weighted by Gasteiger charge is 2.57. The van der Waals surface area contributed by atoms with Gasteiger partial charge < -0.3 is 14.5 Å². The second-order valence-corrected chi connectivity index (χ2v) is 8.61. The van der Waals surface area contributed by atoms with E-state index in [1.54, 1.807) is 0 Å². The molecule has 3 nitrogen and oxygen atoms in total. The van der Waals surface area contributed by atoms with Crippen molar-refractivity contribution in [3.63, 3.8) is 0 Å². The van der Waals surface area contributed by atoms with E-state index in [4.69, 9.17) is 4.74 Å². The van der Waals surface area contributed by atoms with Crippen molar-refractivity contribution < 1.29 is 4.74 Å². The lowest BCUT2D eigenvalue weighted by Gasteiger charge is -2.46. The summed E-state index contributed by atoms with van der Waals surface area (Å²) in [5.74, 6) is 0.945. The molecule has 0 radical (unpaired) electrons. The highest BCUT2D eigenvalue weighted by atomic mass is 16.5. The number of likely N-dealkylation sites (N-methyl/N-ethyl adjacent to an activating group) is 1. The Kier molecular flexibility index (Phi) is 3.40. The first-order chi connectivity index (χ1) is 13.3. The minimum Gasteiger partial charge on any atom is -0.463 e. The lowest BCUT2D eigenvalue weighted by atomic mass is 9.76. The number of benzene rings is 3. The molecule has 142 valence electrons. The maximum Gasteiger partial charge on any atom is 0.211 e. The number of anilines is 2. The molecule has 0 aromatic heterocycles. The third-order valence-electron chi connectivity index (χ3n) is 6.60. The van der Waals surface area contributed by atoms with Crippen LogP contribution in [0.5, 0.6) is 5.75 Å². The average molecular weight is 370 g/mol. The Labute approximate surface area is 166 Å². The van der Waals surface area contributed by atoms with Crippen LogP contribution in [-0.2, 0) is 5.41 Å². The normalized spacial score (nSPS) is 21.5. The van der Waals surface area contributed by atoms with Crippen LogP contribution in [-0.4, -0.2) is 26.9 Å². The molecule has 0 amide bonds. The van der Waals surface area contributed by atoms with E-state index >= 15 is 0 Å². The zero-order valence-electron chi connectivity index (χ0n) is 17.2. The van der Waals surface area contributed by atoms with Crippen molar-refractivity contribution in [2.45, 2.75) is 25.0 Å². The first-order valence-corrected chi connectivity index (χ1v) is 9.81. The van der Waals surface area contributed by atoms with Crippen LogP contribution in [0.2, 0.25) is 0 Å². The molecule has 5 rings (SSSR count). The molecular formula is C25H26N2O. The van der Waals surface area contributed by atoms with Crippen molar-refractivity contribution in [3.8, 4) is 5.75 Å². The monoisotopic (exact) mass is 370 g/mol. The summed E-state index contributed by atoms with van der Waals surface area (Å²) in [7, 11) is 6.28. The van der Waals surface area contributed by atoms with Gasteiger partial charge in [-0.2, -0.15) is 0 Å². The van der Waals surface area contributed by atoms with E-state index < -0.39 is 5.72 Å². The van der Waals surface area contributed by atoms with Crippen molar-refractivity contribution >= 4 is 28.2 Å². The predicted molar refractivity (Wildman–Crippen MR) is 119 cm³/mol. The van der Waals surface area contributed by atoms with E-state index in [9.17, 15) is 0 Å². The molecule has 0 fully saturated rings. The smallest absolute Gasteiger partial charge is 0.211 e. The van der Waals surface area contributed by atoms with E-state index in [-0.39, 0.29) is 5.41 Å². The van der Waals surface area contributed by atoms with Crippen molar-refractivity contribution in [2.24, 2.45) is 0 Å². The minimum absolute atomic E-state index is 0.170. The molecule has 0 N–H and O–H groups in total. The van der Waals surface area contributed by atoms with Crippen molar-refractivity contribution in [1.29, 1.82) is 0 Å². The van der Waals surface area contributed by atoms with Gasteiger partial charge in [0, 0.05) is 38.1 Å². The first-order valence-electron chi connectivity index (χ1n) is 9.81. The average Bonchev–Trinajstić information content (AvgIpc) is 2.86. The Morgan fingerprint density at radius 1 is 0.964 bits per heavy atom. The summed E-state index contributed by atoms with van der Waals surface area (Å²) in [6.45, 7) is 4.55. The SMILES string of the molecule is CN(C)c1ccc2c3c(ccc2c1)OC1(C=C3)N(C)c2ccccc2C1(C)C. The zero-order valence-corrected chi connectivity index (χ0v) is 17.2. The maximum absolute atomic E-state index is 6.80. The molecule has 1 atom stereocenters. The molecule has 2 heterocycles. The van der Waals surface area contributed by atoms with Gasteiger partial charge in [0.05, 0.1) is 5.41 Å². The quantitative estimate of drug-likeness (QED) is 0.568. The Balaban J connectivity index is 1.66. The van der Waals surface area contributed by atoms with Crippen LogP contribution >= 0.6 is 0 Å². The molecule has 0 saturated carbocycles. The van der Waals surface area contributed by atoms with E-state index in [0.717, 1.165) is 11.3 Å². The van der Waals surface area contributed by atoms with Gasteiger partial charge in [-0.25, -0.2) is 0 Å². The highest BCUT2D eigenvalue weighted by Crippen LogP contribution is 2.54. The molecule has 1 spiro atoms. The summed E-state index contributed by atoms with van der Waals surface area (Å²) < 4.78 is 6.80. The highest BCUT2D eigenvalue weighted by molar-refractivity contribution is 5.96. The van der Waals surface area contributed by atoms with Crippen molar-refractivity contribution in [1.82, 2.24) is 0 Å². The van der Waals surface area contributed by atoms with Gasteiger partial charge in [0.2, 0.25) is 5.72 Å². The van der Waals surface area contributed by atoms with Gasteiger partial charge in [-0.05, 0) is 66.6 Å². The third-order valence-corrected chi connectivity index (χ3v) is 6.60. The lowest BCUT2D eigenvalue weighted by Crippen LogP contribution is -2.58. The molecule has 28 heavy (non-hydrogen) atoms. The molecule has 2 aliphatic heterocycles. The van der Waals surface area contributed by atoms with Crippen LogP contribution in [0.1, 0.15) is 25.0 Å². The maximum atomic E-state index is 6.80. The van der Waals surface area contributed by atoms with Crippen molar-refractivity contribution in [2.75, 3.05) is 30.9 Å². The van der Waals surface area contributed by atoms with Crippen LogP contribution < -0.4 is 14.5 Å². The Hall–Kier alpha value is -2.94. The van der Waals surface area contributed by atoms with Gasteiger partial charge in [-0.15, -0.1) is 0 Å². The molecular weight excluding hydrogens is 344 g/mol. The number of hydrogen-bond donors (Lipinski definition) is 0. The number of nitrogens with zero attached hydrogens (tertiary/aromatic N) is 2. The molecule has 1 unspecified atom stereocenters. The minimum atomic E-state index is -0.527. The van der Waals surface area contributed by atoms with Crippen molar-refractivity contribution in [3.05, 3.63) is 71.8 Å². The second kappa shape index (κ2) is 5.54. The molecule has 0 bridgehead atoms. The van der Waals surface area contributed by atoms with Gasteiger partial charge in [-0.1, -0.05) is 30.3 Å². The Morgan fingerprint density at radius 3 is 2.50 bits per heavy atom. The largest absolute Gasteiger partial charge is 0.463 e. The fourth-order valence-electron chi connectivity index (χ4n) is 4.86. The molecule has 0 aliphatic carbocycles. The third kappa shape index (κ3) is 2.05. The van der Waals surface area contributed by atoms with Gasteiger partial charge in [-0.3, -0.25) is 0 Å². The summed E-state index contributed by atoms with van der Waals surface area (Å²) in [4.78, 5) is 4.41. The lowest BCUT2D eigenvalue weighted by molar-refractivity contribution is 0.0584. The molecule has 2 aliphatic rings. The standard InChI is InChI=1S/C25H26N2O/c1-24(2)21-8-6-7-9-22(21)27(5)25(24)15-14-20-19-12-11-18(26(3)4)16-17(19)10-13-23(20)28-25/h6-16H,1-5H3. The second-order valence-electron chi connectivity index (χ2n) is 8.61. The van der Waals surface area contributed by atoms with Crippen LogP contribution in [0, 0.1) is 0 Å². The predicted octanol–water partition coefficient (Wildman–Crippen LogP) is 5.44. The van der Waals surface area contributed by atoms with Crippen LogP contribution in [0.4, 0.5) is 11.4 Å². The van der Waals surface area contributed by atoms with E-state index in [1.807, 2.05) is 0 Å². The van der Waals surface area contributed by atoms with Gasteiger partial charge >= 0.3 is 0 Å². The number of ether oxygens (including phenoxy) is 1. The molecule has 0 saturated heterocycles. The van der Waals surface area contributed by atoms with E-state index in [2.05, 4.69) is 112 Å². The summed E-state index contributed by atoms with van der Waals surface area (Å²) >= 11 is 0. The summed E-state index contributed by atoms with van der Waals surface area (Å²) in [6.07, 6.45) is 4.50. The number of rotatable bonds is 1. The fraction of sp³-hybridized carbons (Fsp3) is 0.280. The summed E-state index contributed by atoms with van der Waals surface area (Å²) in [5, 5.41) is 2.46. The van der Waals surface area contributed by atoms with Crippen LogP contribution in [0.15, 0.2) is 60.7 Å². The number of fused-ring (bicyclic) bond motifs is 4. The number of hydrogen-bond acceptors (Lipinski definition) is 3. The fourth-order valence-corrected chi connectivity index (χ4v) is 4.86. The summed E-state index contributed by atoms with van der Waals surface area (Å²) in [5.41, 5.74) is 4.22. The van der Waals surface area contributed by atoms with E-state index in [1.165, 1.54) is 27.7 Å². The van der Waals surface area contributed by atoms with Gasteiger partial charge in [0.25, 0.3) is 0 Å². The van der Waals surface area contributed by atoms with Crippen LogP contribution in [0.25, 0.3) is 16.8 Å². The number of para-hydroxylation sites is 1.